The number of hydrogen-bond acceptors (Lipinski definition) is 3. The second kappa shape index (κ2) is 6.41. The summed E-state index contributed by atoms with van der Waals surface area (Å²) in [6.07, 6.45) is 2.58. The van der Waals surface area contributed by atoms with Crippen LogP contribution in [0.2, 0.25) is 0 Å². The van der Waals surface area contributed by atoms with Gasteiger partial charge in [-0.3, -0.25) is 0 Å². The molecule has 0 aliphatic heterocycles. The van der Waals surface area contributed by atoms with Crippen LogP contribution in [0.15, 0.2) is 34.2 Å². The number of thiazole rings is 1. The van der Waals surface area contributed by atoms with E-state index in [0.717, 1.165) is 28.0 Å². The number of halogens is 2. The summed E-state index contributed by atoms with van der Waals surface area (Å²) in [5.74, 6) is -0.221. The Kier molecular flexibility index (Phi) is 4.86. The zero-order valence-corrected chi connectivity index (χ0v) is 12.4. The van der Waals surface area contributed by atoms with Crippen molar-refractivity contribution in [3.63, 3.8) is 0 Å². The van der Waals surface area contributed by atoms with E-state index < -0.39 is 0 Å². The molecule has 1 aromatic heterocycles. The van der Waals surface area contributed by atoms with Gasteiger partial charge in [0.25, 0.3) is 0 Å². The highest BCUT2D eigenvalue weighted by molar-refractivity contribution is 9.10. The maximum atomic E-state index is 13.4. The van der Waals surface area contributed by atoms with Gasteiger partial charge < -0.3 is 5.32 Å². The van der Waals surface area contributed by atoms with Crippen LogP contribution in [-0.4, -0.2) is 11.5 Å². The van der Waals surface area contributed by atoms with Crippen molar-refractivity contribution in [2.75, 3.05) is 6.54 Å². The van der Waals surface area contributed by atoms with Crippen molar-refractivity contribution in [2.24, 2.45) is 0 Å². The van der Waals surface area contributed by atoms with Crippen LogP contribution < -0.4 is 5.32 Å². The lowest BCUT2D eigenvalue weighted by molar-refractivity contribution is 0.541. The second-order valence-electron chi connectivity index (χ2n) is 3.94. The summed E-state index contributed by atoms with van der Waals surface area (Å²) < 4.78 is 14.2. The van der Waals surface area contributed by atoms with Crippen LogP contribution in [0.1, 0.15) is 23.5 Å². The Labute approximate surface area is 118 Å². The van der Waals surface area contributed by atoms with Crippen LogP contribution in [0.25, 0.3) is 0 Å². The van der Waals surface area contributed by atoms with E-state index in [2.05, 4.69) is 26.2 Å². The molecule has 5 heteroatoms. The van der Waals surface area contributed by atoms with Crippen molar-refractivity contribution in [3.05, 3.63) is 50.6 Å². The van der Waals surface area contributed by atoms with Gasteiger partial charge in [-0.1, -0.05) is 22.9 Å². The molecule has 0 bridgehead atoms. The highest BCUT2D eigenvalue weighted by atomic mass is 79.9. The zero-order chi connectivity index (χ0) is 13.0. The summed E-state index contributed by atoms with van der Waals surface area (Å²) in [5, 5.41) is 6.39. The molecular formula is C13H14BrFN2S. The fourth-order valence-corrected chi connectivity index (χ4v) is 3.01. The Morgan fingerprint density at radius 3 is 2.89 bits per heavy atom. The van der Waals surface area contributed by atoms with Crippen molar-refractivity contribution >= 4 is 27.3 Å². The first-order chi connectivity index (χ1) is 8.69. The Bertz CT molecular complexity index is 481. The lowest BCUT2D eigenvalue weighted by Gasteiger charge is -2.17. The molecule has 18 heavy (non-hydrogen) atoms. The number of hydrogen-bond donors (Lipinski definition) is 1. The van der Waals surface area contributed by atoms with Gasteiger partial charge in [-0.2, -0.15) is 0 Å². The fraction of sp³-hybridized carbons (Fsp3) is 0.308. The van der Waals surface area contributed by atoms with E-state index >= 15 is 0 Å². The molecule has 0 saturated carbocycles. The van der Waals surface area contributed by atoms with Crippen molar-refractivity contribution in [1.82, 2.24) is 10.3 Å². The normalized spacial score (nSPS) is 12.6. The Morgan fingerprint density at radius 1 is 1.44 bits per heavy atom. The van der Waals surface area contributed by atoms with E-state index in [1.807, 2.05) is 18.4 Å². The topological polar surface area (TPSA) is 24.9 Å². The standard InChI is InChI=1S/C13H14BrFN2S/c1-2-16-12(8-13-17-3-4-18-13)9-5-10(14)7-11(15)6-9/h3-7,12,16H,2,8H2,1H3. The third kappa shape index (κ3) is 3.60. The molecule has 2 rings (SSSR count). The predicted molar refractivity (Wildman–Crippen MR) is 76.3 cm³/mol. The van der Waals surface area contributed by atoms with Crippen molar-refractivity contribution < 1.29 is 4.39 Å². The largest absolute Gasteiger partial charge is 0.310 e. The van der Waals surface area contributed by atoms with Gasteiger partial charge in [-0.25, -0.2) is 9.37 Å². The van der Waals surface area contributed by atoms with Gasteiger partial charge in [0.2, 0.25) is 0 Å². The molecule has 0 amide bonds. The molecule has 1 N–H and O–H groups in total. The molecule has 0 spiro atoms. The lowest BCUT2D eigenvalue weighted by Crippen LogP contribution is -2.23. The minimum atomic E-state index is -0.221. The molecule has 96 valence electrons. The molecule has 0 radical (unpaired) electrons. The summed E-state index contributed by atoms with van der Waals surface area (Å²) in [7, 11) is 0. The molecule has 1 unspecified atom stereocenters. The third-order valence-electron chi connectivity index (χ3n) is 2.60. The molecule has 0 aliphatic carbocycles. The molecule has 0 saturated heterocycles. The van der Waals surface area contributed by atoms with E-state index in [9.17, 15) is 4.39 Å². The number of aromatic nitrogens is 1. The van der Waals surface area contributed by atoms with Crippen LogP contribution in [-0.2, 0) is 6.42 Å². The number of benzene rings is 1. The molecule has 1 heterocycles. The van der Waals surface area contributed by atoms with Crippen LogP contribution in [0.3, 0.4) is 0 Å². The summed E-state index contributed by atoms with van der Waals surface area (Å²) >= 11 is 4.95. The Morgan fingerprint density at radius 2 is 2.28 bits per heavy atom. The molecular weight excluding hydrogens is 315 g/mol. The van der Waals surface area contributed by atoms with E-state index in [0.29, 0.717) is 0 Å². The van der Waals surface area contributed by atoms with Gasteiger partial charge in [-0.15, -0.1) is 11.3 Å². The smallest absolute Gasteiger partial charge is 0.124 e. The fourth-order valence-electron chi connectivity index (χ4n) is 1.86. The van der Waals surface area contributed by atoms with Gasteiger partial charge in [0.05, 0.1) is 5.01 Å². The molecule has 2 nitrogen and oxygen atoms in total. The lowest BCUT2D eigenvalue weighted by atomic mass is 10.0. The highest BCUT2D eigenvalue weighted by Crippen LogP contribution is 2.24. The van der Waals surface area contributed by atoms with E-state index in [1.165, 1.54) is 6.07 Å². The average Bonchev–Trinajstić information content (AvgIpc) is 2.80. The van der Waals surface area contributed by atoms with Gasteiger partial charge in [0, 0.05) is 28.5 Å². The first kappa shape index (κ1) is 13.6. The number of nitrogens with zero attached hydrogens (tertiary/aromatic N) is 1. The third-order valence-corrected chi connectivity index (χ3v) is 3.86. The van der Waals surface area contributed by atoms with Crippen LogP contribution in [0.5, 0.6) is 0 Å². The van der Waals surface area contributed by atoms with Gasteiger partial charge in [-0.05, 0) is 30.3 Å². The van der Waals surface area contributed by atoms with Crippen molar-refractivity contribution in [1.29, 1.82) is 0 Å². The predicted octanol–water partition coefficient (Wildman–Crippen LogP) is 3.94. The van der Waals surface area contributed by atoms with E-state index in [4.69, 9.17) is 0 Å². The maximum Gasteiger partial charge on any atom is 0.124 e. The number of nitrogens with one attached hydrogen (secondary N) is 1. The summed E-state index contributed by atoms with van der Waals surface area (Å²) in [6.45, 7) is 2.88. The quantitative estimate of drug-likeness (QED) is 0.899. The van der Waals surface area contributed by atoms with Crippen LogP contribution in [0, 0.1) is 5.82 Å². The van der Waals surface area contributed by atoms with E-state index in [1.54, 1.807) is 23.6 Å². The minimum Gasteiger partial charge on any atom is -0.310 e. The first-order valence-corrected chi connectivity index (χ1v) is 7.44. The van der Waals surface area contributed by atoms with Gasteiger partial charge in [0.1, 0.15) is 5.82 Å². The van der Waals surface area contributed by atoms with Gasteiger partial charge >= 0.3 is 0 Å². The number of rotatable bonds is 5. The van der Waals surface area contributed by atoms with Crippen LogP contribution >= 0.6 is 27.3 Å². The molecule has 2 aromatic rings. The van der Waals surface area contributed by atoms with Gasteiger partial charge in [0.15, 0.2) is 0 Å². The second-order valence-corrected chi connectivity index (χ2v) is 5.84. The summed E-state index contributed by atoms with van der Waals surface area (Å²) in [5.41, 5.74) is 0.943. The zero-order valence-electron chi connectivity index (χ0n) is 9.99. The Hall–Kier alpha value is -0.780. The van der Waals surface area contributed by atoms with Crippen molar-refractivity contribution in [3.8, 4) is 0 Å². The average molecular weight is 329 g/mol. The maximum absolute atomic E-state index is 13.4. The molecule has 0 fully saturated rings. The Balaban J connectivity index is 2.23. The van der Waals surface area contributed by atoms with Crippen LogP contribution in [0.4, 0.5) is 4.39 Å². The van der Waals surface area contributed by atoms with Crippen molar-refractivity contribution in [2.45, 2.75) is 19.4 Å². The highest BCUT2D eigenvalue weighted by Gasteiger charge is 2.14. The molecule has 1 aromatic carbocycles. The first-order valence-electron chi connectivity index (χ1n) is 5.76. The summed E-state index contributed by atoms with van der Waals surface area (Å²) in [6, 6.07) is 5.08. The number of likely N-dealkylation sites (N-methyl/N-ethyl adjacent to an activating group) is 1. The SMILES string of the molecule is CCNC(Cc1nccs1)c1cc(F)cc(Br)c1. The molecule has 0 aliphatic rings. The minimum absolute atomic E-state index is 0.0909. The summed E-state index contributed by atoms with van der Waals surface area (Å²) in [4.78, 5) is 4.28. The van der Waals surface area contributed by atoms with E-state index in [-0.39, 0.29) is 11.9 Å². The molecule has 1 atom stereocenters. The monoisotopic (exact) mass is 328 g/mol.